The fourth-order valence-electron chi connectivity index (χ4n) is 22.0. The molecular formula is C128H78N8. The smallest absolute Gasteiger partial charge is 0.0979 e. The number of para-hydroxylation sites is 6. The summed E-state index contributed by atoms with van der Waals surface area (Å²) < 4.78 is 9.95. The fraction of sp³-hybridized carbons (Fsp3) is 0. The van der Waals surface area contributed by atoms with E-state index in [0.29, 0.717) is 0 Å². The Kier molecular flexibility index (Phi) is 17.3. The van der Waals surface area contributed by atoms with E-state index in [4.69, 9.17) is 19.9 Å². The van der Waals surface area contributed by atoms with E-state index < -0.39 is 0 Å². The van der Waals surface area contributed by atoms with Crippen LogP contribution in [0.3, 0.4) is 0 Å². The van der Waals surface area contributed by atoms with Crippen molar-refractivity contribution in [1.82, 2.24) is 38.2 Å². The second-order valence-electron chi connectivity index (χ2n) is 35.9. The third-order valence-electron chi connectivity index (χ3n) is 28.2. The number of benzene rings is 23. The van der Waals surface area contributed by atoms with Gasteiger partial charge in [-0.1, -0.05) is 322 Å². The maximum absolute atomic E-state index is 5.54. The average molecular weight is 1730 g/mol. The van der Waals surface area contributed by atoms with Crippen molar-refractivity contribution in [3.05, 3.63) is 473 Å². The lowest BCUT2D eigenvalue weighted by Crippen LogP contribution is -1.99. The van der Waals surface area contributed by atoms with Gasteiger partial charge in [0.25, 0.3) is 0 Å². The molecule has 6 heterocycles. The average Bonchev–Trinajstić information content (AvgIpc) is 1.55. The molecule has 136 heavy (non-hydrogen) atoms. The predicted octanol–water partition coefficient (Wildman–Crippen LogP) is 33.7. The summed E-state index contributed by atoms with van der Waals surface area (Å²) in [6.45, 7) is 0. The highest BCUT2D eigenvalue weighted by molar-refractivity contribution is 6.23. The highest BCUT2D eigenvalue weighted by Crippen LogP contribution is 2.49. The Morgan fingerprint density at radius 2 is 0.463 bits per heavy atom. The standard InChI is InChI=1S/C68H42N4.C60H36N4/c1-3-18-43(19-4-1)49-36-50(44-20-5-2-6-21-44)38-51(37-49)67-68(70-59-31-13-12-30-58(59)69-67)55-29-15-28-53-52(55)27-16-33-61(53)72-63-35-17-34-62(66(63)57-40-46-23-8-10-25-48(46)42-65(57)72)71-60-32-14-11-26-54(60)56-39-45-22-7-9-24-47(45)41-64(56)71;1-3-16-40-35-56-49(33-38(40)14-1)47-20-7-10-24-53(47)64(56)55-26-12-25-54-58(55)50-34-39-15-2-4-17-41(39)36-57(50)63(54)45-30-29-42-31-44(28-27-43(42)32-45)59-60(62-52-23-9-8-22-51(52)61-59)48-21-11-18-37-13-5-6-19-46(37)48/h1-42H;1-36H. The van der Waals surface area contributed by atoms with Crippen LogP contribution in [0.1, 0.15) is 0 Å². The first-order valence-corrected chi connectivity index (χ1v) is 46.5. The Labute approximate surface area is 780 Å². The number of aromatic nitrogens is 8. The van der Waals surface area contributed by atoms with Crippen LogP contribution in [0.15, 0.2) is 473 Å². The van der Waals surface area contributed by atoms with Gasteiger partial charge in [0, 0.05) is 76.4 Å². The molecule has 630 valence electrons. The molecule has 0 N–H and O–H groups in total. The molecule has 0 fully saturated rings. The fourth-order valence-corrected chi connectivity index (χ4v) is 22.0. The minimum absolute atomic E-state index is 0.841. The van der Waals surface area contributed by atoms with Gasteiger partial charge in [0.1, 0.15) is 0 Å². The molecule has 0 bridgehead atoms. The first kappa shape index (κ1) is 76.6. The minimum Gasteiger partial charge on any atom is -0.309 e. The highest BCUT2D eigenvalue weighted by atomic mass is 15.0. The van der Waals surface area contributed by atoms with Gasteiger partial charge in [0.05, 0.1) is 106 Å². The molecule has 8 nitrogen and oxygen atoms in total. The lowest BCUT2D eigenvalue weighted by molar-refractivity contribution is 1.17. The molecule has 0 aliphatic heterocycles. The summed E-state index contributed by atoms with van der Waals surface area (Å²) >= 11 is 0. The Morgan fingerprint density at radius 3 is 0.985 bits per heavy atom. The van der Waals surface area contributed by atoms with Crippen LogP contribution in [0.5, 0.6) is 0 Å². The molecule has 8 heteroatoms. The summed E-state index contributed by atoms with van der Waals surface area (Å²) in [5.41, 5.74) is 29.6. The Morgan fingerprint density at radius 1 is 0.140 bits per heavy atom. The molecule has 0 aliphatic rings. The van der Waals surface area contributed by atoms with Crippen LogP contribution in [-0.4, -0.2) is 38.2 Å². The topological polar surface area (TPSA) is 71.3 Å². The van der Waals surface area contributed by atoms with Gasteiger partial charge in [-0.15, -0.1) is 0 Å². The second-order valence-corrected chi connectivity index (χ2v) is 35.9. The van der Waals surface area contributed by atoms with Gasteiger partial charge >= 0.3 is 0 Å². The first-order valence-electron chi connectivity index (χ1n) is 46.5. The molecule has 29 aromatic rings. The zero-order valence-electron chi connectivity index (χ0n) is 73.6. The molecule has 0 saturated carbocycles. The number of nitrogens with zero attached hydrogens (tertiary/aromatic N) is 8. The van der Waals surface area contributed by atoms with E-state index in [0.717, 1.165) is 150 Å². The molecule has 0 spiro atoms. The van der Waals surface area contributed by atoms with E-state index in [1.165, 1.54) is 125 Å². The van der Waals surface area contributed by atoms with E-state index in [9.17, 15) is 0 Å². The van der Waals surface area contributed by atoms with Crippen molar-refractivity contribution < 1.29 is 0 Å². The van der Waals surface area contributed by atoms with Crippen LogP contribution in [0.25, 0.3) is 275 Å². The van der Waals surface area contributed by atoms with Crippen LogP contribution in [0, 0.1) is 0 Å². The number of fused-ring (bicyclic) bond motifs is 21. The zero-order chi connectivity index (χ0) is 89.2. The molecular weight excluding hydrogens is 1650 g/mol. The SMILES string of the molecule is c1ccc(-c2cc(-c3ccccc3)cc(-c3nc4ccccc4nc3-c3cccc4c(-n5c6cc7ccccc7cc6c6c(-n7c8ccccc8c8cc9ccccc9cc87)cccc65)cccc34)c2)cc1.c1ccc2cc3c(cc2c1)c1ccccc1n3-c1cccc2c1c1cc3ccccc3cc1n2-c1ccc2cc(-c3nc4ccccc4nc3-c3cccc4ccccc34)ccc2c1. The van der Waals surface area contributed by atoms with Gasteiger partial charge in [-0.3, -0.25) is 0 Å². The van der Waals surface area contributed by atoms with E-state index in [-0.39, 0.29) is 0 Å². The molecule has 0 unspecified atom stereocenters. The summed E-state index contributed by atoms with van der Waals surface area (Å²) in [6.07, 6.45) is 0. The lowest BCUT2D eigenvalue weighted by Gasteiger charge is -2.17. The third-order valence-corrected chi connectivity index (χ3v) is 28.2. The molecule has 29 rings (SSSR count). The van der Waals surface area contributed by atoms with Gasteiger partial charge in [-0.05, 0) is 244 Å². The summed E-state index contributed by atoms with van der Waals surface area (Å²) in [5.74, 6) is 0. The lowest BCUT2D eigenvalue weighted by atomic mass is 9.92. The predicted molar refractivity (Wildman–Crippen MR) is 572 cm³/mol. The summed E-state index contributed by atoms with van der Waals surface area (Å²) in [7, 11) is 0. The molecule has 0 aliphatic carbocycles. The van der Waals surface area contributed by atoms with E-state index in [1.807, 2.05) is 30.3 Å². The van der Waals surface area contributed by atoms with Crippen LogP contribution in [0.2, 0.25) is 0 Å². The van der Waals surface area contributed by atoms with E-state index in [2.05, 4.69) is 461 Å². The molecule has 0 saturated heterocycles. The second kappa shape index (κ2) is 30.7. The van der Waals surface area contributed by atoms with Crippen molar-refractivity contribution in [2.24, 2.45) is 0 Å². The Balaban J connectivity index is 0.000000136. The molecule has 6 aromatic heterocycles. The minimum atomic E-state index is 0.841. The quantitative estimate of drug-likeness (QED) is 0.137. The highest BCUT2D eigenvalue weighted by Gasteiger charge is 2.28. The van der Waals surface area contributed by atoms with Crippen LogP contribution >= 0.6 is 0 Å². The van der Waals surface area contributed by atoms with Crippen LogP contribution in [0.4, 0.5) is 0 Å². The maximum atomic E-state index is 5.54. The van der Waals surface area contributed by atoms with Crippen molar-refractivity contribution >= 4 is 185 Å². The molecule has 0 radical (unpaired) electrons. The monoisotopic (exact) mass is 1730 g/mol. The maximum Gasteiger partial charge on any atom is 0.0979 e. The summed E-state index contributed by atoms with van der Waals surface area (Å²) in [6, 6.07) is 172. The molecule has 0 atom stereocenters. The number of hydrogen-bond acceptors (Lipinski definition) is 4. The largest absolute Gasteiger partial charge is 0.309 e. The van der Waals surface area contributed by atoms with Gasteiger partial charge < -0.3 is 18.3 Å². The summed E-state index contributed by atoms with van der Waals surface area (Å²) in [5, 5.41) is 26.5. The van der Waals surface area contributed by atoms with Crippen molar-refractivity contribution in [2.45, 2.75) is 0 Å². The van der Waals surface area contributed by atoms with Crippen molar-refractivity contribution in [1.29, 1.82) is 0 Å². The van der Waals surface area contributed by atoms with E-state index in [1.54, 1.807) is 0 Å². The third kappa shape index (κ3) is 12.3. The van der Waals surface area contributed by atoms with Crippen molar-refractivity contribution in [2.75, 3.05) is 0 Å². The van der Waals surface area contributed by atoms with Gasteiger partial charge in [0.2, 0.25) is 0 Å². The first-order chi connectivity index (χ1) is 67.4. The van der Waals surface area contributed by atoms with Gasteiger partial charge in [0.15, 0.2) is 0 Å². The normalized spacial score (nSPS) is 12.0. The van der Waals surface area contributed by atoms with Crippen molar-refractivity contribution in [3.8, 4) is 90.0 Å². The Hall–Kier alpha value is -18.2. The number of rotatable bonds is 10. The molecule has 0 amide bonds. The van der Waals surface area contributed by atoms with Crippen LogP contribution < -0.4 is 0 Å². The number of hydrogen-bond donors (Lipinski definition) is 0. The molecule has 23 aromatic carbocycles. The van der Waals surface area contributed by atoms with Crippen LogP contribution in [-0.2, 0) is 0 Å². The van der Waals surface area contributed by atoms with E-state index >= 15 is 0 Å². The zero-order valence-corrected chi connectivity index (χ0v) is 73.6. The summed E-state index contributed by atoms with van der Waals surface area (Å²) in [4.78, 5) is 21.6. The van der Waals surface area contributed by atoms with Gasteiger partial charge in [-0.2, -0.15) is 0 Å². The van der Waals surface area contributed by atoms with Crippen molar-refractivity contribution in [3.63, 3.8) is 0 Å². The van der Waals surface area contributed by atoms with Gasteiger partial charge in [-0.25, -0.2) is 19.9 Å². The Bertz CT molecular complexity index is 10000.